The number of nitrogens with zero attached hydrogens (tertiary/aromatic N) is 1. The second kappa shape index (κ2) is 6.75. The molecule has 1 N–H and O–H groups in total. The van der Waals surface area contributed by atoms with Crippen LogP contribution in [0.25, 0.3) is 0 Å². The molecule has 1 aliphatic carbocycles. The van der Waals surface area contributed by atoms with Crippen LogP contribution in [0.3, 0.4) is 0 Å². The van der Waals surface area contributed by atoms with Crippen LogP contribution < -0.4 is 5.32 Å². The first-order valence-corrected chi connectivity index (χ1v) is 7.82. The largest absolute Gasteiger partial charge is 0.313 e. The van der Waals surface area contributed by atoms with E-state index in [2.05, 4.69) is 24.1 Å². The molecule has 1 saturated carbocycles. The summed E-state index contributed by atoms with van der Waals surface area (Å²) in [6.45, 7) is 8.39. The SMILES string of the molecule is CCNC1CCCN(C2CCCCC2CC)C1. The second-order valence-corrected chi connectivity index (χ2v) is 5.91. The molecule has 3 unspecified atom stereocenters. The summed E-state index contributed by atoms with van der Waals surface area (Å²) in [5.41, 5.74) is 0. The molecule has 0 aromatic rings. The number of rotatable bonds is 4. The van der Waals surface area contributed by atoms with Crippen molar-refractivity contribution < 1.29 is 0 Å². The van der Waals surface area contributed by atoms with Gasteiger partial charge in [0, 0.05) is 18.6 Å². The summed E-state index contributed by atoms with van der Waals surface area (Å²) in [6.07, 6.45) is 10.0. The molecule has 0 radical (unpaired) electrons. The molecule has 3 atom stereocenters. The van der Waals surface area contributed by atoms with Crippen molar-refractivity contribution in [2.24, 2.45) is 5.92 Å². The van der Waals surface area contributed by atoms with Crippen molar-refractivity contribution in [3.05, 3.63) is 0 Å². The lowest BCUT2D eigenvalue weighted by molar-refractivity contribution is 0.0693. The standard InChI is InChI=1S/C15H30N2/c1-3-13-8-5-6-10-15(13)17-11-7-9-14(12-17)16-4-2/h13-16H,3-12H2,1-2H3. The molecule has 17 heavy (non-hydrogen) atoms. The highest BCUT2D eigenvalue weighted by molar-refractivity contribution is 4.87. The third-order valence-corrected chi connectivity index (χ3v) is 4.81. The predicted molar refractivity (Wildman–Crippen MR) is 74.3 cm³/mol. The summed E-state index contributed by atoms with van der Waals surface area (Å²) in [5, 5.41) is 3.64. The Balaban J connectivity index is 1.90. The Kier molecular flexibility index (Phi) is 5.30. The third-order valence-electron chi connectivity index (χ3n) is 4.81. The van der Waals surface area contributed by atoms with Crippen LogP contribution >= 0.6 is 0 Å². The van der Waals surface area contributed by atoms with E-state index in [-0.39, 0.29) is 0 Å². The zero-order valence-corrected chi connectivity index (χ0v) is 11.8. The van der Waals surface area contributed by atoms with Gasteiger partial charge in [0.15, 0.2) is 0 Å². The van der Waals surface area contributed by atoms with E-state index < -0.39 is 0 Å². The topological polar surface area (TPSA) is 15.3 Å². The predicted octanol–water partition coefficient (Wildman–Crippen LogP) is 3.03. The maximum Gasteiger partial charge on any atom is 0.0195 e. The minimum Gasteiger partial charge on any atom is -0.313 e. The van der Waals surface area contributed by atoms with Crippen LogP contribution in [-0.4, -0.2) is 36.6 Å². The normalized spacial score (nSPS) is 36.0. The molecule has 0 bridgehead atoms. The Hall–Kier alpha value is -0.0800. The van der Waals surface area contributed by atoms with Gasteiger partial charge in [0.2, 0.25) is 0 Å². The summed E-state index contributed by atoms with van der Waals surface area (Å²) in [4.78, 5) is 2.81. The van der Waals surface area contributed by atoms with E-state index in [1.54, 1.807) is 0 Å². The Labute approximate surface area is 107 Å². The van der Waals surface area contributed by atoms with E-state index in [0.29, 0.717) is 0 Å². The Bertz CT molecular complexity index is 215. The molecule has 1 aliphatic heterocycles. The van der Waals surface area contributed by atoms with Crippen LogP contribution in [-0.2, 0) is 0 Å². The lowest BCUT2D eigenvalue weighted by Crippen LogP contribution is -2.52. The van der Waals surface area contributed by atoms with E-state index >= 15 is 0 Å². The quantitative estimate of drug-likeness (QED) is 0.810. The fourth-order valence-electron chi connectivity index (χ4n) is 3.91. The van der Waals surface area contributed by atoms with Gasteiger partial charge in [-0.25, -0.2) is 0 Å². The Morgan fingerprint density at radius 3 is 2.65 bits per heavy atom. The summed E-state index contributed by atoms with van der Waals surface area (Å²) in [7, 11) is 0. The monoisotopic (exact) mass is 238 g/mol. The molecule has 0 spiro atoms. The number of likely N-dealkylation sites (tertiary alicyclic amines) is 1. The Morgan fingerprint density at radius 2 is 1.88 bits per heavy atom. The van der Waals surface area contributed by atoms with Crippen LogP contribution in [0.5, 0.6) is 0 Å². The van der Waals surface area contributed by atoms with Crippen LogP contribution in [0, 0.1) is 5.92 Å². The maximum absolute atomic E-state index is 3.64. The smallest absolute Gasteiger partial charge is 0.0195 e. The first-order valence-electron chi connectivity index (χ1n) is 7.82. The third kappa shape index (κ3) is 3.45. The molecule has 2 fully saturated rings. The molecule has 2 heteroatoms. The average molecular weight is 238 g/mol. The zero-order chi connectivity index (χ0) is 12.1. The van der Waals surface area contributed by atoms with E-state index in [0.717, 1.165) is 24.5 Å². The zero-order valence-electron chi connectivity index (χ0n) is 11.8. The number of nitrogens with one attached hydrogen (secondary N) is 1. The lowest BCUT2D eigenvalue weighted by atomic mass is 9.81. The van der Waals surface area contributed by atoms with Crippen LogP contribution in [0.2, 0.25) is 0 Å². The molecular formula is C15H30N2. The van der Waals surface area contributed by atoms with Gasteiger partial charge in [-0.1, -0.05) is 33.1 Å². The first-order chi connectivity index (χ1) is 8.35. The number of hydrogen-bond acceptors (Lipinski definition) is 2. The minimum absolute atomic E-state index is 0.758. The van der Waals surface area contributed by atoms with Crippen molar-refractivity contribution >= 4 is 0 Å². The van der Waals surface area contributed by atoms with Gasteiger partial charge >= 0.3 is 0 Å². The fourth-order valence-corrected chi connectivity index (χ4v) is 3.91. The van der Waals surface area contributed by atoms with Crippen molar-refractivity contribution in [3.8, 4) is 0 Å². The van der Waals surface area contributed by atoms with Crippen molar-refractivity contribution in [2.45, 2.75) is 70.9 Å². The molecule has 0 aromatic carbocycles. The van der Waals surface area contributed by atoms with Gasteiger partial charge < -0.3 is 5.32 Å². The summed E-state index contributed by atoms with van der Waals surface area (Å²) in [6, 6.07) is 1.66. The molecule has 2 nitrogen and oxygen atoms in total. The van der Waals surface area contributed by atoms with Crippen LogP contribution in [0.15, 0.2) is 0 Å². The summed E-state index contributed by atoms with van der Waals surface area (Å²) >= 11 is 0. The molecule has 100 valence electrons. The number of likely N-dealkylation sites (N-methyl/N-ethyl adjacent to an activating group) is 1. The lowest BCUT2D eigenvalue weighted by Gasteiger charge is -2.44. The van der Waals surface area contributed by atoms with Gasteiger partial charge in [-0.05, 0) is 44.7 Å². The number of hydrogen-bond donors (Lipinski definition) is 1. The van der Waals surface area contributed by atoms with Gasteiger partial charge in [-0.2, -0.15) is 0 Å². The van der Waals surface area contributed by atoms with Gasteiger partial charge in [-0.15, -0.1) is 0 Å². The molecule has 1 saturated heterocycles. The summed E-state index contributed by atoms with van der Waals surface area (Å²) in [5.74, 6) is 0.976. The van der Waals surface area contributed by atoms with Gasteiger partial charge in [0.1, 0.15) is 0 Å². The van der Waals surface area contributed by atoms with Crippen LogP contribution in [0.1, 0.15) is 58.8 Å². The van der Waals surface area contributed by atoms with Gasteiger partial charge in [-0.3, -0.25) is 4.90 Å². The first kappa shape index (κ1) is 13.4. The average Bonchev–Trinajstić information content (AvgIpc) is 2.39. The molecule has 1 heterocycles. The summed E-state index contributed by atoms with van der Waals surface area (Å²) < 4.78 is 0. The minimum atomic E-state index is 0.758. The van der Waals surface area contributed by atoms with E-state index in [1.807, 2.05) is 0 Å². The molecule has 2 aliphatic rings. The second-order valence-electron chi connectivity index (χ2n) is 5.91. The maximum atomic E-state index is 3.64. The van der Waals surface area contributed by atoms with Crippen molar-refractivity contribution in [1.29, 1.82) is 0 Å². The van der Waals surface area contributed by atoms with E-state index in [9.17, 15) is 0 Å². The molecular weight excluding hydrogens is 208 g/mol. The van der Waals surface area contributed by atoms with Crippen molar-refractivity contribution in [1.82, 2.24) is 10.2 Å². The van der Waals surface area contributed by atoms with Gasteiger partial charge in [0.05, 0.1) is 0 Å². The highest BCUT2D eigenvalue weighted by Gasteiger charge is 2.31. The van der Waals surface area contributed by atoms with Gasteiger partial charge in [0.25, 0.3) is 0 Å². The van der Waals surface area contributed by atoms with E-state index in [1.165, 1.54) is 58.0 Å². The van der Waals surface area contributed by atoms with E-state index in [4.69, 9.17) is 0 Å². The highest BCUT2D eigenvalue weighted by Crippen LogP contribution is 2.32. The molecule has 2 rings (SSSR count). The van der Waals surface area contributed by atoms with Crippen molar-refractivity contribution in [3.63, 3.8) is 0 Å². The highest BCUT2D eigenvalue weighted by atomic mass is 15.2. The van der Waals surface area contributed by atoms with Crippen molar-refractivity contribution in [2.75, 3.05) is 19.6 Å². The van der Waals surface area contributed by atoms with Crippen LogP contribution in [0.4, 0.5) is 0 Å². The number of piperidine rings is 1. The molecule has 0 aromatic heterocycles. The fraction of sp³-hybridized carbons (Fsp3) is 1.00. The Morgan fingerprint density at radius 1 is 1.06 bits per heavy atom. The molecule has 0 amide bonds.